The van der Waals surface area contributed by atoms with Crippen molar-refractivity contribution in [3.63, 3.8) is 0 Å². The van der Waals surface area contributed by atoms with Crippen molar-refractivity contribution in [2.24, 2.45) is 0 Å². The molecule has 1 aliphatic rings. The molecule has 0 spiro atoms. The van der Waals surface area contributed by atoms with Gasteiger partial charge >= 0.3 is 0 Å². The fourth-order valence-electron chi connectivity index (χ4n) is 1.42. The lowest BCUT2D eigenvalue weighted by molar-refractivity contribution is 0.596. The van der Waals surface area contributed by atoms with Gasteiger partial charge in [0.05, 0.1) is 0 Å². The Bertz CT molecular complexity index is 323. The van der Waals surface area contributed by atoms with E-state index in [4.69, 9.17) is 0 Å². The average Bonchev–Trinajstić information content (AvgIpc) is 2.92. The number of benzene rings is 1. The van der Waals surface area contributed by atoms with Gasteiger partial charge in [0.2, 0.25) is 0 Å². The van der Waals surface area contributed by atoms with Gasteiger partial charge in [-0.05, 0) is 43.5 Å². The van der Waals surface area contributed by atoms with Gasteiger partial charge in [0, 0.05) is 10.5 Å². The highest BCUT2D eigenvalue weighted by molar-refractivity contribution is 9.10. The highest BCUT2D eigenvalue weighted by atomic mass is 79.9. The van der Waals surface area contributed by atoms with Gasteiger partial charge in [-0.15, -0.1) is 0 Å². The van der Waals surface area contributed by atoms with Gasteiger partial charge in [0.1, 0.15) is 5.82 Å². The molecule has 1 saturated carbocycles. The van der Waals surface area contributed by atoms with E-state index in [0.717, 1.165) is 23.0 Å². The zero-order valence-electron chi connectivity index (χ0n) is 7.89. The van der Waals surface area contributed by atoms with Gasteiger partial charge < -0.3 is 5.32 Å². The summed E-state index contributed by atoms with van der Waals surface area (Å²) in [5.74, 6) is -0.114. The molecular weight excluding hydrogens is 245 g/mol. The number of nitrogens with one attached hydrogen (secondary N) is 1. The van der Waals surface area contributed by atoms with Crippen molar-refractivity contribution < 1.29 is 4.39 Å². The van der Waals surface area contributed by atoms with Gasteiger partial charge in [-0.25, -0.2) is 4.39 Å². The number of hydrogen-bond acceptors (Lipinski definition) is 1. The standard InChI is InChI=1S/C11H13BrFN/c12-9-2-1-8(11(13)7-9)5-6-14-10-3-4-10/h1-2,7,10,14H,3-6H2. The van der Waals surface area contributed by atoms with Gasteiger partial charge in [-0.3, -0.25) is 0 Å². The molecule has 3 heteroatoms. The molecule has 1 N–H and O–H groups in total. The third-order valence-corrected chi connectivity index (χ3v) is 2.91. The van der Waals surface area contributed by atoms with Crippen molar-refractivity contribution in [3.05, 3.63) is 34.1 Å². The first-order chi connectivity index (χ1) is 6.75. The number of halogens is 2. The SMILES string of the molecule is Fc1cc(Br)ccc1CCNC1CC1. The summed E-state index contributed by atoms with van der Waals surface area (Å²) < 4.78 is 14.1. The largest absolute Gasteiger partial charge is 0.314 e. The Balaban J connectivity index is 1.87. The normalized spacial score (nSPS) is 15.9. The zero-order valence-corrected chi connectivity index (χ0v) is 9.48. The fourth-order valence-corrected chi connectivity index (χ4v) is 1.76. The maximum Gasteiger partial charge on any atom is 0.127 e. The summed E-state index contributed by atoms with van der Waals surface area (Å²) in [6.45, 7) is 0.878. The maximum atomic E-state index is 13.3. The van der Waals surface area contributed by atoms with Gasteiger partial charge in [0.25, 0.3) is 0 Å². The summed E-state index contributed by atoms with van der Waals surface area (Å²) in [6, 6.07) is 5.95. The van der Waals surface area contributed by atoms with Crippen molar-refractivity contribution in [2.45, 2.75) is 25.3 Å². The molecule has 76 valence electrons. The lowest BCUT2D eigenvalue weighted by Gasteiger charge is -2.04. The second-order valence-electron chi connectivity index (χ2n) is 3.71. The van der Waals surface area contributed by atoms with Crippen LogP contribution in [-0.2, 0) is 6.42 Å². The summed E-state index contributed by atoms with van der Waals surface area (Å²) in [6.07, 6.45) is 3.33. The van der Waals surface area contributed by atoms with Crippen LogP contribution in [0.2, 0.25) is 0 Å². The van der Waals surface area contributed by atoms with E-state index < -0.39 is 0 Å². The first kappa shape index (κ1) is 10.1. The fraction of sp³-hybridized carbons (Fsp3) is 0.455. The van der Waals surface area contributed by atoms with Crippen molar-refractivity contribution in [1.29, 1.82) is 0 Å². The zero-order chi connectivity index (χ0) is 9.97. The Morgan fingerprint density at radius 1 is 1.43 bits per heavy atom. The minimum Gasteiger partial charge on any atom is -0.314 e. The number of hydrogen-bond donors (Lipinski definition) is 1. The van der Waals surface area contributed by atoms with Crippen molar-refractivity contribution in [3.8, 4) is 0 Å². The molecule has 0 aliphatic heterocycles. The molecule has 0 aromatic heterocycles. The molecule has 1 aromatic carbocycles. The topological polar surface area (TPSA) is 12.0 Å². The first-order valence-electron chi connectivity index (χ1n) is 4.93. The van der Waals surface area contributed by atoms with Crippen molar-refractivity contribution in [1.82, 2.24) is 5.32 Å². The van der Waals surface area contributed by atoms with E-state index in [1.54, 1.807) is 0 Å². The molecule has 14 heavy (non-hydrogen) atoms. The molecule has 1 aromatic rings. The van der Waals surface area contributed by atoms with E-state index in [2.05, 4.69) is 21.2 Å². The number of rotatable bonds is 4. The molecule has 2 rings (SSSR count). The molecule has 0 atom stereocenters. The first-order valence-corrected chi connectivity index (χ1v) is 5.72. The van der Waals surface area contributed by atoms with E-state index in [9.17, 15) is 4.39 Å². The smallest absolute Gasteiger partial charge is 0.127 e. The Morgan fingerprint density at radius 2 is 2.21 bits per heavy atom. The van der Waals surface area contributed by atoms with Crippen LogP contribution in [0.3, 0.4) is 0 Å². The summed E-state index contributed by atoms with van der Waals surface area (Å²) in [7, 11) is 0. The molecule has 0 radical (unpaired) electrons. The lowest BCUT2D eigenvalue weighted by atomic mass is 10.1. The Hall–Kier alpha value is -0.410. The lowest BCUT2D eigenvalue weighted by Crippen LogP contribution is -2.19. The average molecular weight is 258 g/mol. The molecule has 1 fully saturated rings. The highest BCUT2D eigenvalue weighted by Crippen LogP contribution is 2.19. The monoisotopic (exact) mass is 257 g/mol. The molecule has 0 amide bonds. The molecule has 1 nitrogen and oxygen atoms in total. The predicted octanol–water partition coefficient (Wildman–Crippen LogP) is 2.88. The predicted molar refractivity (Wildman–Crippen MR) is 58.8 cm³/mol. The van der Waals surface area contributed by atoms with E-state index in [1.165, 1.54) is 18.9 Å². The second-order valence-corrected chi connectivity index (χ2v) is 4.63. The van der Waals surface area contributed by atoms with Crippen LogP contribution >= 0.6 is 15.9 Å². The van der Waals surface area contributed by atoms with Crippen molar-refractivity contribution >= 4 is 15.9 Å². The highest BCUT2D eigenvalue weighted by Gasteiger charge is 2.19. The molecule has 0 heterocycles. The Morgan fingerprint density at radius 3 is 2.86 bits per heavy atom. The van der Waals surface area contributed by atoms with Crippen LogP contribution in [0.5, 0.6) is 0 Å². The third kappa shape index (κ3) is 2.79. The van der Waals surface area contributed by atoms with Crippen LogP contribution in [-0.4, -0.2) is 12.6 Å². The molecule has 0 unspecified atom stereocenters. The van der Waals surface area contributed by atoms with Crippen LogP contribution in [0.15, 0.2) is 22.7 Å². The second kappa shape index (κ2) is 4.41. The summed E-state index contributed by atoms with van der Waals surface area (Å²) >= 11 is 3.24. The Labute approximate surface area is 91.8 Å². The van der Waals surface area contributed by atoms with Gasteiger partial charge in [-0.1, -0.05) is 22.0 Å². The van der Waals surface area contributed by atoms with E-state index >= 15 is 0 Å². The van der Waals surface area contributed by atoms with Crippen LogP contribution in [0, 0.1) is 5.82 Å². The maximum absolute atomic E-state index is 13.3. The summed E-state index contributed by atoms with van der Waals surface area (Å²) in [5, 5.41) is 3.37. The molecule has 0 saturated heterocycles. The third-order valence-electron chi connectivity index (χ3n) is 2.42. The molecule has 1 aliphatic carbocycles. The van der Waals surface area contributed by atoms with Crippen LogP contribution in [0.1, 0.15) is 18.4 Å². The minimum absolute atomic E-state index is 0.114. The molecular formula is C11H13BrFN. The van der Waals surface area contributed by atoms with Crippen LogP contribution in [0.4, 0.5) is 4.39 Å². The van der Waals surface area contributed by atoms with Gasteiger partial charge in [-0.2, -0.15) is 0 Å². The van der Waals surface area contributed by atoms with Gasteiger partial charge in [0.15, 0.2) is 0 Å². The van der Waals surface area contributed by atoms with E-state index in [1.807, 2.05) is 12.1 Å². The molecule has 0 bridgehead atoms. The van der Waals surface area contributed by atoms with Crippen LogP contribution in [0.25, 0.3) is 0 Å². The summed E-state index contributed by atoms with van der Waals surface area (Å²) in [5.41, 5.74) is 0.793. The summed E-state index contributed by atoms with van der Waals surface area (Å²) in [4.78, 5) is 0. The quantitative estimate of drug-likeness (QED) is 0.875. The van der Waals surface area contributed by atoms with E-state index in [-0.39, 0.29) is 5.82 Å². The van der Waals surface area contributed by atoms with Crippen LogP contribution < -0.4 is 5.32 Å². The minimum atomic E-state index is -0.114. The van der Waals surface area contributed by atoms with Crippen molar-refractivity contribution in [2.75, 3.05) is 6.54 Å². The van der Waals surface area contributed by atoms with E-state index in [0.29, 0.717) is 6.04 Å². The Kier molecular flexibility index (Phi) is 3.19.